The summed E-state index contributed by atoms with van der Waals surface area (Å²) in [5.74, 6) is 5.77. The fourth-order valence-electron chi connectivity index (χ4n) is 2.33. The lowest BCUT2D eigenvalue weighted by Gasteiger charge is -2.17. The molecule has 3 nitrogen and oxygen atoms in total. The van der Waals surface area contributed by atoms with Gasteiger partial charge in [-0.1, -0.05) is 24.3 Å². The molecule has 1 unspecified atom stereocenters. The number of para-hydroxylation sites is 1. The number of halogens is 1. The van der Waals surface area contributed by atoms with Crippen LogP contribution in [0.3, 0.4) is 0 Å². The van der Waals surface area contributed by atoms with Gasteiger partial charge in [-0.05, 0) is 39.7 Å². The lowest BCUT2D eigenvalue weighted by Crippen LogP contribution is -2.29. The van der Waals surface area contributed by atoms with Crippen LogP contribution in [0.2, 0.25) is 0 Å². The Kier molecular flexibility index (Phi) is 4.12. The molecule has 0 bridgehead atoms. The first-order valence-corrected chi connectivity index (χ1v) is 7.93. The number of hydrogen-bond donors (Lipinski definition) is 2. The molecule has 0 spiro atoms. The van der Waals surface area contributed by atoms with Crippen LogP contribution in [0.4, 0.5) is 0 Å². The number of aromatic nitrogens is 1. The fraction of sp³-hybridized carbons (Fsp3) is 0.133. The van der Waals surface area contributed by atoms with Crippen molar-refractivity contribution >= 4 is 38.2 Å². The Labute approximate surface area is 129 Å². The molecular formula is C15H14BrN3S. The Hall–Kier alpha value is -1.27. The first-order chi connectivity index (χ1) is 9.78. The molecule has 0 saturated carbocycles. The third kappa shape index (κ3) is 2.76. The maximum absolute atomic E-state index is 5.77. The molecule has 2 aromatic heterocycles. The highest BCUT2D eigenvalue weighted by atomic mass is 79.9. The zero-order valence-electron chi connectivity index (χ0n) is 10.7. The van der Waals surface area contributed by atoms with E-state index in [1.807, 2.05) is 18.3 Å². The largest absolute Gasteiger partial charge is 0.271 e. The average Bonchev–Trinajstić information content (AvgIpc) is 2.89. The number of hydrazine groups is 1. The summed E-state index contributed by atoms with van der Waals surface area (Å²) < 4.78 is 1.14. The molecular weight excluding hydrogens is 334 g/mol. The highest BCUT2D eigenvalue weighted by Gasteiger charge is 2.15. The lowest BCUT2D eigenvalue weighted by atomic mass is 10.00. The van der Waals surface area contributed by atoms with Crippen molar-refractivity contribution in [1.29, 1.82) is 0 Å². The van der Waals surface area contributed by atoms with Crippen molar-refractivity contribution in [2.24, 2.45) is 5.84 Å². The van der Waals surface area contributed by atoms with Gasteiger partial charge >= 0.3 is 0 Å². The van der Waals surface area contributed by atoms with Gasteiger partial charge < -0.3 is 0 Å². The smallest absolute Gasteiger partial charge is 0.0750 e. The van der Waals surface area contributed by atoms with E-state index >= 15 is 0 Å². The number of thiophene rings is 1. The van der Waals surface area contributed by atoms with E-state index in [1.54, 1.807) is 11.3 Å². The first-order valence-electron chi connectivity index (χ1n) is 6.32. The van der Waals surface area contributed by atoms with Crippen LogP contribution in [0, 0.1) is 0 Å². The first kappa shape index (κ1) is 13.7. The van der Waals surface area contributed by atoms with E-state index in [4.69, 9.17) is 5.84 Å². The van der Waals surface area contributed by atoms with Crippen LogP contribution in [-0.4, -0.2) is 4.98 Å². The minimum atomic E-state index is 0.0548. The van der Waals surface area contributed by atoms with Crippen molar-refractivity contribution in [1.82, 2.24) is 10.4 Å². The van der Waals surface area contributed by atoms with Gasteiger partial charge in [0.25, 0.3) is 0 Å². The van der Waals surface area contributed by atoms with Crippen molar-refractivity contribution in [3.63, 3.8) is 0 Å². The number of hydrogen-bond acceptors (Lipinski definition) is 4. The summed E-state index contributed by atoms with van der Waals surface area (Å²) in [4.78, 5) is 5.78. The molecule has 0 fully saturated rings. The molecule has 1 atom stereocenters. The highest BCUT2D eigenvalue weighted by molar-refractivity contribution is 9.11. The molecule has 5 heteroatoms. The van der Waals surface area contributed by atoms with E-state index in [2.05, 4.69) is 56.7 Å². The zero-order chi connectivity index (χ0) is 13.9. The van der Waals surface area contributed by atoms with Crippen LogP contribution in [0.15, 0.2) is 52.4 Å². The minimum Gasteiger partial charge on any atom is -0.271 e. The van der Waals surface area contributed by atoms with Crippen molar-refractivity contribution < 1.29 is 0 Å². The van der Waals surface area contributed by atoms with Crippen molar-refractivity contribution in [3.05, 3.63) is 62.9 Å². The van der Waals surface area contributed by atoms with Crippen LogP contribution in [0.1, 0.15) is 16.5 Å². The average molecular weight is 348 g/mol. The predicted octanol–water partition coefficient (Wildman–Crippen LogP) is 3.81. The van der Waals surface area contributed by atoms with Gasteiger partial charge in [0.05, 0.1) is 15.3 Å². The molecule has 0 aliphatic rings. The molecule has 1 aromatic carbocycles. The second-order valence-electron chi connectivity index (χ2n) is 4.55. The van der Waals surface area contributed by atoms with E-state index in [-0.39, 0.29) is 6.04 Å². The van der Waals surface area contributed by atoms with Gasteiger partial charge in [0.2, 0.25) is 0 Å². The van der Waals surface area contributed by atoms with Crippen LogP contribution in [0.25, 0.3) is 10.9 Å². The number of fused-ring (bicyclic) bond motifs is 1. The summed E-state index contributed by atoms with van der Waals surface area (Å²) >= 11 is 5.23. The normalized spacial score (nSPS) is 12.7. The maximum atomic E-state index is 5.77. The Morgan fingerprint density at radius 3 is 2.80 bits per heavy atom. The SMILES string of the molecule is NNC(Cc1ccc(Br)s1)c1cccc2cccnc12. The summed E-state index contributed by atoms with van der Waals surface area (Å²) in [5.41, 5.74) is 5.06. The molecule has 0 amide bonds. The van der Waals surface area contributed by atoms with Crippen LogP contribution in [0.5, 0.6) is 0 Å². The summed E-state index contributed by atoms with van der Waals surface area (Å²) in [7, 11) is 0. The lowest BCUT2D eigenvalue weighted by molar-refractivity contribution is 0.558. The van der Waals surface area contributed by atoms with Gasteiger partial charge in [-0.3, -0.25) is 16.3 Å². The molecule has 0 saturated heterocycles. The Morgan fingerprint density at radius 1 is 1.20 bits per heavy atom. The van der Waals surface area contributed by atoms with Crippen LogP contribution >= 0.6 is 27.3 Å². The molecule has 0 radical (unpaired) electrons. The second kappa shape index (κ2) is 6.01. The quantitative estimate of drug-likeness (QED) is 0.557. The zero-order valence-corrected chi connectivity index (χ0v) is 13.1. The number of pyridine rings is 1. The summed E-state index contributed by atoms with van der Waals surface area (Å²) in [6, 6.07) is 14.5. The van der Waals surface area contributed by atoms with E-state index in [0.29, 0.717) is 0 Å². The van der Waals surface area contributed by atoms with Gasteiger partial charge in [-0.25, -0.2) is 0 Å². The Bertz CT molecular complexity index is 720. The Morgan fingerprint density at radius 2 is 2.05 bits per heavy atom. The number of benzene rings is 1. The van der Waals surface area contributed by atoms with E-state index in [9.17, 15) is 0 Å². The standard InChI is InChI=1S/C15H14BrN3S/c16-14-7-6-11(20-14)9-13(19-17)12-5-1-3-10-4-2-8-18-15(10)12/h1-8,13,19H,9,17H2. The number of nitrogens with zero attached hydrogens (tertiary/aromatic N) is 1. The van der Waals surface area contributed by atoms with Crippen LogP contribution in [-0.2, 0) is 6.42 Å². The van der Waals surface area contributed by atoms with E-state index in [0.717, 1.165) is 26.7 Å². The highest BCUT2D eigenvalue weighted by Crippen LogP contribution is 2.29. The van der Waals surface area contributed by atoms with E-state index in [1.165, 1.54) is 4.88 Å². The third-order valence-electron chi connectivity index (χ3n) is 3.27. The molecule has 0 aliphatic heterocycles. The van der Waals surface area contributed by atoms with Crippen molar-refractivity contribution in [2.75, 3.05) is 0 Å². The summed E-state index contributed by atoms with van der Waals surface area (Å²) in [5, 5.41) is 1.14. The minimum absolute atomic E-state index is 0.0548. The van der Waals surface area contributed by atoms with Crippen molar-refractivity contribution in [3.8, 4) is 0 Å². The predicted molar refractivity (Wildman–Crippen MR) is 87.5 cm³/mol. The molecule has 20 heavy (non-hydrogen) atoms. The molecule has 102 valence electrons. The van der Waals surface area contributed by atoms with Gasteiger partial charge in [-0.15, -0.1) is 11.3 Å². The molecule has 2 heterocycles. The number of nitrogens with two attached hydrogens (primary N) is 1. The molecule has 3 aromatic rings. The van der Waals surface area contributed by atoms with Gasteiger partial charge in [0.15, 0.2) is 0 Å². The number of nitrogens with one attached hydrogen (secondary N) is 1. The van der Waals surface area contributed by atoms with Gasteiger partial charge in [0.1, 0.15) is 0 Å². The van der Waals surface area contributed by atoms with E-state index < -0.39 is 0 Å². The molecule has 3 rings (SSSR count). The number of rotatable bonds is 4. The topological polar surface area (TPSA) is 50.9 Å². The molecule has 3 N–H and O–H groups in total. The van der Waals surface area contributed by atoms with Gasteiger partial charge in [-0.2, -0.15) is 0 Å². The summed E-state index contributed by atoms with van der Waals surface area (Å²) in [6.07, 6.45) is 2.67. The maximum Gasteiger partial charge on any atom is 0.0750 e. The molecule has 0 aliphatic carbocycles. The van der Waals surface area contributed by atoms with Crippen LogP contribution < -0.4 is 11.3 Å². The third-order valence-corrected chi connectivity index (χ3v) is 4.92. The Balaban J connectivity index is 1.98. The fourth-order valence-corrected chi connectivity index (χ4v) is 3.86. The second-order valence-corrected chi connectivity index (χ2v) is 7.10. The van der Waals surface area contributed by atoms with Crippen molar-refractivity contribution in [2.45, 2.75) is 12.5 Å². The van der Waals surface area contributed by atoms with Gasteiger partial charge in [0, 0.05) is 22.9 Å². The summed E-state index contributed by atoms with van der Waals surface area (Å²) in [6.45, 7) is 0. The monoisotopic (exact) mass is 347 g/mol.